The first-order valence-corrected chi connectivity index (χ1v) is 6.32. The molecule has 0 aliphatic heterocycles. The van der Waals surface area contributed by atoms with Crippen LogP contribution < -0.4 is 5.32 Å². The van der Waals surface area contributed by atoms with Crippen LogP contribution in [0.15, 0.2) is 18.2 Å². The SMILES string of the molecule is CNC(Cc1cc(C)cc(C)c1)CC(C)OC. The monoisotopic (exact) mass is 235 g/mol. The molecule has 0 aliphatic carbocycles. The quantitative estimate of drug-likeness (QED) is 0.818. The summed E-state index contributed by atoms with van der Waals surface area (Å²) in [5, 5.41) is 3.37. The Morgan fingerprint density at radius 3 is 2.24 bits per heavy atom. The zero-order valence-corrected chi connectivity index (χ0v) is 11.7. The van der Waals surface area contributed by atoms with Gasteiger partial charge in [0.15, 0.2) is 0 Å². The highest BCUT2D eigenvalue weighted by molar-refractivity contribution is 5.29. The van der Waals surface area contributed by atoms with E-state index < -0.39 is 0 Å². The van der Waals surface area contributed by atoms with Crippen molar-refractivity contribution in [3.63, 3.8) is 0 Å². The molecule has 0 amide bonds. The molecule has 0 spiro atoms. The summed E-state index contributed by atoms with van der Waals surface area (Å²) in [6.07, 6.45) is 2.41. The van der Waals surface area contributed by atoms with Crippen molar-refractivity contribution in [2.24, 2.45) is 0 Å². The van der Waals surface area contributed by atoms with Crippen LogP contribution in [0.25, 0.3) is 0 Å². The molecule has 0 fully saturated rings. The minimum absolute atomic E-state index is 0.304. The molecular formula is C15H25NO. The number of aryl methyl sites for hydroxylation is 2. The number of hydrogen-bond donors (Lipinski definition) is 1. The van der Waals surface area contributed by atoms with Gasteiger partial charge in [-0.2, -0.15) is 0 Å². The fourth-order valence-electron chi connectivity index (χ4n) is 2.27. The molecule has 0 radical (unpaired) electrons. The Morgan fingerprint density at radius 2 is 1.76 bits per heavy atom. The molecule has 1 N–H and O–H groups in total. The maximum atomic E-state index is 5.33. The average Bonchev–Trinajstić information content (AvgIpc) is 2.26. The van der Waals surface area contributed by atoms with Gasteiger partial charge in [-0.25, -0.2) is 0 Å². The fourth-order valence-corrected chi connectivity index (χ4v) is 2.27. The smallest absolute Gasteiger partial charge is 0.0558 e. The van der Waals surface area contributed by atoms with Crippen molar-refractivity contribution in [3.8, 4) is 0 Å². The third kappa shape index (κ3) is 4.88. The summed E-state index contributed by atoms with van der Waals surface area (Å²) in [5.41, 5.74) is 4.09. The lowest BCUT2D eigenvalue weighted by molar-refractivity contribution is 0.101. The molecule has 96 valence electrons. The maximum Gasteiger partial charge on any atom is 0.0558 e. The van der Waals surface area contributed by atoms with Gasteiger partial charge in [-0.3, -0.25) is 0 Å². The summed E-state index contributed by atoms with van der Waals surface area (Å²) in [7, 11) is 3.80. The van der Waals surface area contributed by atoms with E-state index in [4.69, 9.17) is 4.74 Å². The maximum absolute atomic E-state index is 5.33. The molecule has 2 unspecified atom stereocenters. The first-order chi connectivity index (χ1) is 8.05. The van der Waals surface area contributed by atoms with Crippen molar-refractivity contribution in [2.45, 2.75) is 45.8 Å². The van der Waals surface area contributed by atoms with Gasteiger partial charge in [0.25, 0.3) is 0 Å². The van der Waals surface area contributed by atoms with Gasteiger partial charge in [0.05, 0.1) is 6.10 Å². The number of nitrogens with one attached hydrogen (secondary N) is 1. The van der Waals surface area contributed by atoms with Crippen LogP contribution in [0, 0.1) is 13.8 Å². The molecule has 1 rings (SSSR count). The Balaban J connectivity index is 2.66. The minimum atomic E-state index is 0.304. The molecule has 0 saturated heterocycles. The second-order valence-electron chi connectivity index (χ2n) is 4.97. The number of ether oxygens (including phenoxy) is 1. The Kier molecular flexibility index (Phi) is 5.66. The first kappa shape index (κ1) is 14.2. The van der Waals surface area contributed by atoms with E-state index in [-0.39, 0.29) is 0 Å². The van der Waals surface area contributed by atoms with Gasteiger partial charge in [-0.05, 0) is 46.2 Å². The van der Waals surface area contributed by atoms with Gasteiger partial charge < -0.3 is 10.1 Å². The third-order valence-electron chi connectivity index (χ3n) is 3.19. The van der Waals surface area contributed by atoms with Crippen LogP contribution >= 0.6 is 0 Å². The molecular weight excluding hydrogens is 210 g/mol. The number of likely N-dealkylation sites (N-methyl/N-ethyl adjacent to an activating group) is 1. The van der Waals surface area contributed by atoms with Crippen LogP contribution in [0.4, 0.5) is 0 Å². The van der Waals surface area contributed by atoms with E-state index in [1.54, 1.807) is 7.11 Å². The summed E-state index contributed by atoms with van der Waals surface area (Å²) in [6.45, 7) is 6.43. The van der Waals surface area contributed by atoms with E-state index >= 15 is 0 Å². The Morgan fingerprint density at radius 1 is 1.18 bits per heavy atom. The van der Waals surface area contributed by atoms with Gasteiger partial charge >= 0.3 is 0 Å². The van der Waals surface area contributed by atoms with Gasteiger partial charge in [0.1, 0.15) is 0 Å². The van der Waals surface area contributed by atoms with Crippen molar-refractivity contribution >= 4 is 0 Å². The lowest BCUT2D eigenvalue weighted by Crippen LogP contribution is -2.31. The number of rotatable bonds is 6. The highest BCUT2D eigenvalue weighted by atomic mass is 16.5. The molecule has 2 heteroatoms. The highest BCUT2D eigenvalue weighted by Gasteiger charge is 2.12. The average molecular weight is 235 g/mol. The second-order valence-corrected chi connectivity index (χ2v) is 4.97. The molecule has 17 heavy (non-hydrogen) atoms. The zero-order valence-electron chi connectivity index (χ0n) is 11.7. The molecule has 0 aromatic heterocycles. The number of benzene rings is 1. The predicted octanol–water partition coefficient (Wildman–Crippen LogP) is 2.86. The number of methoxy groups -OCH3 is 1. The first-order valence-electron chi connectivity index (χ1n) is 6.32. The summed E-state index contributed by atoms with van der Waals surface area (Å²) in [5.74, 6) is 0. The normalized spacial score (nSPS) is 14.6. The van der Waals surface area contributed by atoms with Crippen LogP contribution in [-0.2, 0) is 11.2 Å². The van der Waals surface area contributed by atoms with Crippen molar-refractivity contribution in [3.05, 3.63) is 34.9 Å². The Bertz CT molecular complexity index is 329. The molecule has 1 aromatic rings. The summed E-state index contributed by atoms with van der Waals surface area (Å²) in [4.78, 5) is 0. The molecule has 2 atom stereocenters. The topological polar surface area (TPSA) is 21.3 Å². The van der Waals surface area contributed by atoms with Crippen molar-refractivity contribution < 1.29 is 4.74 Å². The van der Waals surface area contributed by atoms with Crippen LogP contribution in [0.2, 0.25) is 0 Å². The fraction of sp³-hybridized carbons (Fsp3) is 0.600. The Labute approximate surface area is 105 Å². The van der Waals surface area contributed by atoms with E-state index in [1.807, 2.05) is 7.05 Å². The summed E-state index contributed by atoms with van der Waals surface area (Å²) < 4.78 is 5.33. The molecule has 0 heterocycles. The predicted molar refractivity (Wildman–Crippen MR) is 73.6 cm³/mol. The van der Waals surface area contributed by atoms with Gasteiger partial charge in [0, 0.05) is 13.2 Å². The van der Waals surface area contributed by atoms with Crippen LogP contribution in [-0.4, -0.2) is 26.3 Å². The second kappa shape index (κ2) is 6.77. The van der Waals surface area contributed by atoms with Crippen molar-refractivity contribution in [1.29, 1.82) is 0 Å². The number of hydrogen-bond acceptors (Lipinski definition) is 2. The molecule has 2 nitrogen and oxygen atoms in total. The third-order valence-corrected chi connectivity index (χ3v) is 3.19. The minimum Gasteiger partial charge on any atom is -0.382 e. The lowest BCUT2D eigenvalue weighted by Gasteiger charge is -2.20. The Hall–Kier alpha value is -0.860. The lowest BCUT2D eigenvalue weighted by atomic mass is 9.98. The summed E-state index contributed by atoms with van der Waals surface area (Å²) in [6, 6.07) is 7.24. The van der Waals surface area contributed by atoms with Crippen molar-refractivity contribution in [1.82, 2.24) is 5.32 Å². The molecule has 0 aliphatic rings. The zero-order chi connectivity index (χ0) is 12.8. The van der Waals surface area contributed by atoms with Gasteiger partial charge in [0.2, 0.25) is 0 Å². The standard InChI is InChI=1S/C15H25NO/c1-11-6-12(2)8-14(7-11)10-15(16-4)9-13(3)17-5/h6-8,13,15-16H,9-10H2,1-5H3. The van der Waals surface area contributed by atoms with Crippen molar-refractivity contribution in [2.75, 3.05) is 14.2 Å². The molecule has 0 bridgehead atoms. The van der Waals surface area contributed by atoms with Crippen LogP contribution in [0.5, 0.6) is 0 Å². The van der Waals surface area contributed by atoms with E-state index in [2.05, 4.69) is 44.3 Å². The highest BCUT2D eigenvalue weighted by Crippen LogP contribution is 2.13. The van der Waals surface area contributed by atoms with Crippen LogP contribution in [0.3, 0.4) is 0 Å². The molecule has 0 saturated carbocycles. The van der Waals surface area contributed by atoms with Gasteiger partial charge in [-0.1, -0.05) is 29.3 Å². The molecule has 1 aromatic carbocycles. The van der Waals surface area contributed by atoms with Crippen LogP contribution in [0.1, 0.15) is 30.0 Å². The van der Waals surface area contributed by atoms with E-state index in [0.717, 1.165) is 12.8 Å². The van der Waals surface area contributed by atoms with E-state index in [1.165, 1.54) is 16.7 Å². The van der Waals surface area contributed by atoms with E-state index in [0.29, 0.717) is 12.1 Å². The van der Waals surface area contributed by atoms with Gasteiger partial charge in [-0.15, -0.1) is 0 Å². The summed E-state index contributed by atoms with van der Waals surface area (Å²) >= 11 is 0. The largest absolute Gasteiger partial charge is 0.382 e. The van der Waals surface area contributed by atoms with E-state index in [9.17, 15) is 0 Å².